The molecule has 2 saturated carbocycles. The van der Waals surface area contributed by atoms with Crippen LogP contribution in [0.25, 0.3) is 0 Å². The average Bonchev–Trinajstić information content (AvgIpc) is 3.65. The van der Waals surface area contributed by atoms with Gasteiger partial charge in [-0.05, 0) is 82.4 Å². The molecule has 0 unspecified atom stereocenters. The number of aliphatic hydroxyl groups excluding tert-OH is 2. The number of carbonyl (C=O) groups excluding carboxylic acids is 4. The summed E-state index contributed by atoms with van der Waals surface area (Å²) in [6.45, 7) is 14.3. The summed E-state index contributed by atoms with van der Waals surface area (Å²) >= 11 is 0. The number of rotatable bonds is 11. The number of aromatic nitrogens is 1. The highest BCUT2D eigenvalue weighted by Crippen LogP contribution is 2.66. The molecule has 8 rings (SSSR count). The number of hydrogen-bond acceptors (Lipinski definition) is 16. The molecule has 0 spiro atoms. The number of aliphatic hydroxyl groups is 3. The molecular weight excluding hydrogens is 862 g/mol. The third kappa shape index (κ3) is 8.19. The molecule has 2 bridgehead atoms. The Hall–Kier alpha value is -4.56. The molecule has 4 heterocycles. The van der Waals surface area contributed by atoms with Crippen molar-refractivity contribution in [2.75, 3.05) is 26.3 Å². The largest absolute Gasteiger partial charge is 0.456 e. The molecule has 2 aromatic rings. The lowest BCUT2D eigenvalue weighted by molar-refractivity contribution is -0.345. The maximum Gasteiger partial charge on any atom is 0.408 e. The summed E-state index contributed by atoms with van der Waals surface area (Å²) in [5, 5.41) is 38.2. The van der Waals surface area contributed by atoms with E-state index in [-0.39, 0.29) is 24.8 Å². The standard InChI is InChI=1S/C48H62FN3O14/c1-25-30(61-42(57)36(55)35(34-29(49)15-12-19-50-34)51-43(58)66-44(3,4)5)21-48(59)40(64-41(56)27-13-10-9-11-14-27)38-46(8,18-16-31-47(38,24-60-31)65-26(2)54)39-37(33(25)45(48,6)7)62-32(63-39)22-52-20-17-28(52)23-53/h9-15,19,28,30-32,35-40,53,55,59H,16-18,20-24H2,1-8H3,(H,51,58)/t28-,30+,31-,32-,35+,36-,37-,38+,39-,40+,46-,47+,48-/m1/s1. The summed E-state index contributed by atoms with van der Waals surface area (Å²) in [6.07, 6.45) is -7.00. The van der Waals surface area contributed by atoms with Crippen LogP contribution in [0.2, 0.25) is 0 Å². The molecule has 17 nitrogen and oxygen atoms in total. The molecule has 66 heavy (non-hydrogen) atoms. The van der Waals surface area contributed by atoms with Crippen molar-refractivity contribution in [3.63, 3.8) is 0 Å². The zero-order chi connectivity index (χ0) is 47.7. The van der Waals surface area contributed by atoms with E-state index in [1.54, 1.807) is 71.9 Å². The zero-order valence-corrected chi connectivity index (χ0v) is 38.7. The Morgan fingerprint density at radius 2 is 1.77 bits per heavy atom. The van der Waals surface area contributed by atoms with Crippen LogP contribution < -0.4 is 5.32 Å². The first kappa shape index (κ1) is 47.9. The Kier molecular flexibility index (Phi) is 12.7. The zero-order valence-electron chi connectivity index (χ0n) is 38.7. The van der Waals surface area contributed by atoms with Crippen LogP contribution in [-0.2, 0) is 42.7 Å². The molecule has 3 aliphatic heterocycles. The summed E-state index contributed by atoms with van der Waals surface area (Å²) < 4.78 is 60.1. The molecule has 6 aliphatic rings. The number of amides is 1. The monoisotopic (exact) mass is 923 g/mol. The van der Waals surface area contributed by atoms with E-state index in [1.807, 2.05) is 6.92 Å². The molecule has 1 aromatic heterocycles. The minimum absolute atomic E-state index is 0.0511. The SMILES string of the molecule is CC(=O)O[C@@]12CO[C@@H]1CC[C@@]1(C)[C@@H]3O[C@H](CN4CC[C@@H]4CO)O[C@@H]3C3=C(C)[C@@H](OC(=O)[C@H](O)[C@@H](NC(=O)OC(C)(C)C)c4ncccc4F)C[C@@](O)([C@@H](OC(=O)c4ccccc4)[C@@H]12)C3(C)C. The van der Waals surface area contributed by atoms with Gasteiger partial charge >= 0.3 is 24.0 Å². The van der Waals surface area contributed by atoms with E-state index >= 15 is 4.39 Å². The lowest BCUT2D eigenvalue weighted by Gasteiger charge is -2.68. The van der Waals surface area contributed by atoms with Crippen molar-refractivity contribution in [1.82, 2.24) is 15.2 Å². The van der Waals surface area contributed by atoms with Crippen molar-refractivity contribution in [2.45, 2.75) is 153 Å². The number of carbonyl (C=O) groups is 4. The van der Waals surface area contributed by atoms with Crippen molar-refractivity contribution < 1.29 is 72.0 Å². The Labute approximate surface area is 383 Å². The van der Waals surface area contributed by atoms with Gasteiger partial charge in [0.05, 0.1) is 30.8 Å². The number of halogens is 1. The van der Waals surface area contributed by atoms with Gasteiger partial charge in [0.1, 0.15) is 53.2 Å². The Bertz CT molecular complexity index is 2240. The molecule has 3 saturated heterocycles. The summed E-state index contributed by atoms with van der Waals surface area (Å²) in [7, 11) is 0. The van der Waals surface area contributed by atoms with Crippen LogP contribution in [0.4, 0.5) is 9.18 Å². The first-order valence-corrected chi connectivity index (χ1v) is 22.7. The van der Waals surface area contributed by atoms with Gasteiger partial charge < -0.3 is 53.8 Å². The molecule has 360 valence electrons. The topological polar surface area (TPSA) is 222 Å². The van der Waals surface area contributed by atoms with Crippen molar-refractivity contribution in [3.8, 4) is 0 Å². The lowest BCUT2D eigenvalue weighted by atomic mass is 9.45. The number of benzene rings is 1. The molecule has 13 atom stereocenters. The van der Waals surface area contributed by atoms with E-state index in [0.717, 1.165) is 12.5 Å². The van der Waals surface area contributed by atoms with E-state index in [2.05, 4.69) is 15.2 Å². The molecule has 1 aromatic carbocycles. The smallest absolute Gasteiger partial charge is 0.408 e. The molecule has 4 N–H and O–H groups in total. The van der Waals surface area contributed by atoms with Crippen LogP contribution in [0.5, 0.6) is 0 Å². The van der Waals surface area contributed by atoms with Crippen molar-refractivity contribution in [3.05, 3.63) is 76.9 Å². The number of esters is 3. The van der Waals surface area contributed by atoms with E-state index in [0.29, 0.717) is 37.1 Å². The lowest BCUT2D eigenvalue weighted by Crippen LogP contribution is -2.79. The van der Waals surface area contributed by atoms with Crippen molar-refractivity contribution in [2.24, 2.45) is 16.7 Å². The van der Waals surface area contributed by atoms with Crippen LogP contribution in [-0.4, -0.2) is 141 Å². The molecule has 3 aliphatic carbocycles. The molecule has 18 heteroatoms. The molecule has 5 fully saturated rings. The summed E-state index contributed by atoms with van der Waals surface area (Å²) in [6, 6.07) is 8.73. The second-order valence-corrected chi connectivity index (χ2v) is 20.4. The molecular formula is C48H62FN3O14. The minimum Gasteiger partial charge on any atom is -0.456 e. The quantitative estimate of drug-likeness (QED) is 0.142. The average molecular weight is 924 g/mol. The Balaban J connectivity index is 1.27. The number of pyridine rings is 1. The number of nitrogens with zero attached hydrogens (tertiary/aromatic N) is 2. The predicted molar refractivity (Wildman–Crippen MR) is 230 cm³/mol. The van der Waals surface area contributed by atoms with Crippen LogP contribution in [0.3, 0.4) is 0 Å². The number of likely N-dealkylation sites (tertiary alicyclic amines) is 1. The van der Waals surface area contributed by atoms with Crippen molar-refractivity contribution >= 4 is 24.0 Å². The van der Waals surface area contributed by atoms with Gasteiger partial charge in [-0.25, -0.2) is 18.8 Å². The summed E-state index contributed by atoms with van der Waals surface area (Å²) in [5.41, 5.74) is -6.35. The maximum atomic E-state index is 15.4. The number of fused-ring (bicyclic) bond motifs is 8. The van der Waals surface area contributed by atoms with Gasteiger partial charge in [0.2, 0.25) is 0 Å². The fraction of sp³-hybridized carbons (Fsp3) is 0.646. The number of hydrogen-bond donors (Lipinski definition) is 4. The van der Waals surface area contributed by atoms with Crippen LogP contribution in [0.1, 0.15) is 103 Å². The summed E-state index contributed by atoms with van der Waals surface area (Å²) in [5.74, 6) is -4.64. The maximum absolute atomic E-state index is 15.4. The van der Waals surface area contributed by atoms with E-state index < -0.39 is 124 Å². The minimum atomic E-state index is -2.26. The number of ether oxygens (including phenoxy) is 7. The van der Waals surface area contributed by atoms with E-state index in [4.69, 9.17) is 33.2 Å². The van der Waals surface area contributed by atoms with E-state index in [1.165, 1.54) is 19.2 Å². The van der Waals surface area contributed by atoms with Gasteiger partial charge in [-0.1, -0.05) is 39.0 Å². The molecule has 1 amide bonds. The normalized spacial score (nSPS) is 35.5. The van der Waals surface area contributed by atoms with Gasteiger partial charge in [-0.15, -0.1) is 0 Å². The van der Waals surface area contributed by atoms with Gasteiger partial charge in [-0.3, -0.25) is 14.7 Å². The first-order chi connectivity index (χ1) is 31.0. The predicted octanol–water partition coefficient (Wildman–Crippen LogP) is 4.07. The Morgan fingerprint density at radius 1 is 1.05 bits per heavy atom. The first-order valence-electron chi connectivity index (χ1n) is 22.7. The van der Waals surface area contributed by atoms with Gasteiger partial charge in [0, 0.05) is 49.5 Å². The number of alkyl carbamates (subject to hydrolysis) is 1. The van der Waals surface area contributed by atoms with Crippen LogP contribution in [0.15, 0.2) is 59.8 Å². The fourth-order valence-electron chi connectivity index (χ4n) is 11.6. The van der Waals surface area contributed by atoms with Gasteiger partial charge in [0.15, 0.2) is 18.0 Å². The second-order valence-electron chi connectivity index (χ2n) is 20.4. The van der Waals surface area contributed by atoms with E-state index in [9.17, 15) is 34.5 Å². The number of nitrogens with one attached hydrogen (secondary N) is 1. The third-order valence-electron chi connectivity index (χ3n) is 15.0. The highest BCUT2D eigenvalue weighted by Gasteiger charge is 2.77. The van der Waals surface area contributed by atoms with Crippen molar-refractivity contribution in [1.29, 1.82) is 0 Å². The fourth-order valence-corrected chi connectivity index (χ4v) is 11.6. The van der Waals surface area contributed by atoms with Crippen LogP contribution in [0, 0.1) is 22.6 Å². The second kappa shape index (κ2) is 17.5. The van der Waals surface area contributed by atoms with Gasteiger partial charge in [0.25, 0.3) is 0 Å². The highest BCUT2D eigenvalue weighted by atomic mass is 19.1. The van der Waals surface area contributed by atoms with Gasteiger partial charge in [-0.2, -0.15) is 0 Å². The molecule has 0 radical (unpaired) electrons. The third-order valence-corrected chi connectivity index (χ3v) is 15.0. The van der Waals surface area contributed by atoms with Crippen LogP contribution >= 0.6 is 0 Å². The summed E-state index contributed by atoms with van der Waals surface area (Å²) in [4.78, 5) is 61.3. The Morgan fingerprint density at radius 3 is 2.38 bits per heavy atom. The highest BCUT2D eigenvalue weighted by molar-refractivity contribution is 5.89.